The van der Waals surface area contributed by atoms with Gasteiger partial charge in [-0.15, -0.1) is 0 Å². The molecule has 0 fully saturated rings. The number of hydrogen-bond acceptors (Lipinski definition) is 5. The molecule has 6 nitrogen and oxygen atoms in total. The molecular formula is C27H31NO5. The zero-order valence-corrected chi connectivity index (χ0v) is 19.6. The van der Waals surface area contributed by atoms with Gasteiger partial charge in [-0.05, 0) is 67.8 Å². The molecule has 0 saturated heterocycles. The first-order valence-electron chi connectivity index (χ1n) is 11.0. The molecule has 0 aromatic heterocycles. The minimum Gasteiger partial charge on any atom is -0.493 e. The van der Waals surface area contributed by atoms with E-state index in [-0.39, 0.29) is 5.91 Å². The number of nitrogens with one attached hydrogen (secondary N) is 1. The van der Waals surface area contributed by atoms with Crippen LogP contribution in [0.4, 0.5) is 0 Å². The van der Waals surface area contributed by atoms with Crippen molar-refractivity contribution in [3.63, 3.8) is 0 Å². The van der Waals surface area contributed by atoms with Gasteiger partial charge in [-0.2, -0.15) is 0 Å². The molecule has 0 aliphatic carbocycles. The van der Waals surface area contributed by atoms with Gasteiger partial charge in [0.25, 0.3) is 5.91 Å². The number of ether oxygens (including phenoxy) is 4. The Balaban J connectivity index is 1.65. The lowest BCUT2D eigenvalue weighted by molar-refractivity contribution is 0.0954. The number of carbonyl (C=O) groups excluding carboxylic acids is 1. The maximum Gasteiger partial charge on any atom is 0.251 e. The SMILES string of the molecule is CCOc1ccc(C(=O)NCCc2ccc(OC)c(OC)c2)cc1COc1ccccc1C. The highest BCUT2D eigenvalue weighted by atomic mass is 16.5. The van der Waals surface area contributed by atoms with Crippen molar-refractivity contribution in [3.8, 4) is 23.0 Å². The fourth-order valence-electron chi connectivity index (χ4n) is 3.46. The minimum absolute atomic E-state index is 0.143. The van der Waals surface area contributed by atoms with Gasteiger partial charge in [-0.1, -0.05) is 24.3 Å². The van der Waals surface area contributed by atoms with E-state index in [2.05, 4.69) is 5.32 Å². The van der Waals surface area contributed by atoms with Gasteiger partial charge in [0, 0.05) is 17.7 Å². The van der Waals surface area contributed by atoms with Crippen LogP contribution in [0.25, 0.3) is 0 Å². The summed E-state index contributed by atoms with van der Waals surface area (Å²) in [6.07, 6.45) is 0.673. The first-order valence-corrected chi connectivity index (χ1v) is 11.0. The molecule has 1 N–H and O–H groups in total. The Morgan fingerprint density at radius 1 is 0.848 bits per heavy atom. The molecule has 3 aromatic rings. The molecule has 0 atom stereocenters. The fourth-order valence-corrected chi connectivity index (χ4v) is 3.46. The molecule has 174 valence electrons. The van der Waals surface area contributed by atoms with Crippen molar-refractivity contribution in [1.82, 2.24) is 5.32 Å². The summed E-state index contributed by atoms with van der Waals surface area (Å²) in [5, 5.41) is 2.98. The Hall–Kier alpha value is -3.67. The molecule has 0 radical (unpaired) electrons. The van der Waals surface area contributed by atoms with Crippen LogP contribution in [0.3, 0.4) is 0 Å². The van der Waals surface area contributed by atoms with E-state index in [1.54, 1.807) is 20.3 Å². The van der Waals surface area contributed by atoms with Gasteiger partial charge in [-0.25, -0.2) is 0 Å². The zero-order chi connectivity index (χ0) is 23.6. The van der Waals surface area contributed by atoms with E-state index in [4.69, 9.17) is 18.9 Å². The second-order valence-corrected chi connectivity index (χ2v) is 7.50. The molecule has 0 unspecified atom stereocenters. The van der Waals surface area contributed by atoms with Gasteiger partial charge in [0.15, 0.2) is 11.5 Å². The van der Waals surface area contributed by atoms with Gasteiger partial charge in [0.05, 0.1) is 20.8 Å². The summed E-state index contributed by atoms with van der Waals surface area (Å²) in [5.74, 6) is 2.74. The van der Waals surface area contributed by atoms with E-state index >= 15 is 0 Å². The maximum atomic E-state index is 12.8. The van der Waals surface area contributed by atoms with Crippen LogP contribution in [0.5, 0.6) is 23.0 Å². The Morgan fingerprint density at radius 2 is 1.61 bits per heavy atom. The Bertz CT molecular complexity index is 1080. The average molecular weight is 450 g/mol. The highest BCUT2D eigenvalue weighted by molar-refractivity contribution is 5.94. The molecular weight excluding hydrogens is 418 g/mol. The molecule has 0 spiro atoms. The molecule has 3 aromatic carbocycles. The standard InChI is InChI=1S/C27H31NO5/c1-5-32-24-13-11-21(17-22(24)18-33-23-9-7-6-8-19(23)2)27(29)28-15-14-20-10-12-25(30-3)26(16-20)31-4/h6-13,16-17H,5,14-15,18H2,1-4H3,(H,28,29). The molecule has 1 amide bonds. The number of amides is 1. The number of rotatable bonds is 11. The van der Waals surface area contributed by atoms with Crippen LogP contribution in [0.2, 0.25) is 0 Å². The predicted octanol–water partition coefficient (Wildman–Crippen LogP) is 4.96. The zero-order valence-electron chi connectivity index (χ0n) is 19.6. The highest BCUT2D eigenvalue weighted by Gasteiger charge is 2.12. The lowest BCUT2D eigenvalue weighted by Gasteiger charge is -2.14. The Kier molecular flexibility index (Phi) is 8.58. The van der Waals surface area contributed by atoms with Crippen LogP contribution >= 0.6 is 0 Å². The van der Waals surface area contributed by atoms with Crippen molar-refractivity contribution in [1.29, 1.82) is 0 Å². The van der Waals surface area contributed by atoms with Gasteiger partial charge in [-0.3, -0.25) is 4.79 Å². The summed E-state index contributed by atoms with van der Waals surface area (Å²) in [7, 11) is 3.21. The Labute approximate surface area is 195 Å². The minimum atomic E-state index is -0.143. The summed E-state index contributed by atoms with van der Waals surface area (Å²) in [5.41, 5.74) is 3.49. The molecule has 0 aliphatic heterocycles. The van der Waals surface area contributed by atoms with Crippen molar-refractivity contribution < 1.29 is 23.7 Å². The summed E-state index contributed by atoms with van der Waals surface area (Å²) in [4.78, 5) is 12.8. The van der Waals surface area contributed by atoms with Gasteiger partial charge in [0.1, 0.15) is 18.1 Å². The van der Waals surface area contributed by atoms with Crippen molar-refractivity contribution in [2.75, 3.05) is 27.4 Å². The third kappa shape index (κ3) is 6.42. The van der Waals surface area contributed by atoms with E-state index in [0.29, 0.717) is 49.0 Å². The van der Waals surface area contributed by atoms with E-state index in [1.807, 2.05) is 68.4 Å². The van der Waals surface area contributed by atoms with Crippen LogP contribution in [-0.2, 0) is 13.0 Å². The molecule has 3 rings (SSSR count). The van der Waals surface area contributed by atoms with E-state index in [1.165, 1.54) is 0 Å². The van der Waals surface area contributed by atoms with Crippen molar-refractivity contribution in [3.05, 3.63) is 82.9 Å². The predicted molar refractivity (Wildman–Crippen MR) is 129 cm³/mol. The summed E-state index contributed by atoms with van der Waals surface area (Å²) in [6, 6.07) is 19.0. The first kappa shape index (κ1) is 24.0. The summed E-state index contributed by atoms with van der Waals surface area (Å²) >= 11 is 0. The van der Waals surface area contributed by atoms with Gasteiger partial charge < -0.3 is 24.3 Å². The summed E-state index contributed by atoms with van der Waals surface area (Å²) in [6.45, 7) is 5.28. The van der Waals surface area contributed by atoms with Crippen LogP contribution in [0.1, 0.15) is 34.0 Å². The van der Waals surface area contributed by atoms with Crippen molar-refractivity contribution in [2.24, 2.45) is 0 Å². The van der Waals surface area contributed by atoms with Crippen molar-refractivity contribution >= 4 is 5.91 Å². The smallest absolute Gasteiger partial charge is 0.251 e. The molecule has 0 aliphatic rings. The molecule has 0 bridgehead atoms. The third-order valence-electron chi connectivity index (χ3n) is 5.25. The number of hydrogen-bond donors (Lipinski definition) is 1. The third-order valence-corrected chi connectivity index (χ3v) is 5.25. The number of para-hydroxylation sites is 1. The lowest BCUT2D eigenvalue weighted by Crippen LogP contribution is -2.25. The largest absolute Gasteiger partial charge is 0.493 e. The van der Waals surface area contributed by atoms with Crippen molar-refractivity contribution in [2.45, 2.75) is 26.9 Å². The number of aryl methyl sites for hydroxylation is 1. The van der Waals surface area contributed by atoms with E-state index in [0.717, 1.165) is 22.4 Å². The monoisotopic (exact) mass is 449 g/mol. The van der Waals surface area contributed by atoms with Crippen LogP contribution in [0, 0.1) is 6.92 Å². The van der Waals surface area contributed by atoms with Crippen LogP contribution in [0.15, 0.2) is 60.7 Å². The Morgan fingerprint density at radius 3 is 2.33 bits per heavy atom. The molecule has 33 heavy (non-hydrogen) atoms. The highest BCUT2D eigenvalue weighted by Crippen LogP contribution is 2.28. The quantitative estimate of drug-likeness (QED) is 0.448. The average Bonchev–Trinajstić information content (AvgIpc) is 2.84. The number of benzene rings is 3. The van der Waals surface area contributed by atoms with Crippen LogP contribution in [-0.4, -0.2) is 33.3 Å². The fraction of sp³-hybridized carbons (Fsp3) is 0.296. The number of methoxy groups -OCH3 is 2. The van der Waals surface area contributed by atoms with Gasteiger partial charge in [0.2, 0.25) is 0 Å². The lowest BCUT2D eigenvalue weighted by atomic mass is 10.1. The maximum absolute atomic E-state index is 12.8. The van der Waals surface area contributed by atoms with Gasteiger partial charge >= 0.3 is 0 Å². The molecule has 0 heterocycles. The molecule has 0 saturated carbocycles. The molecule has 6 heteroatoms. The number of carbonyl (C=O) groups is 1. The van der Waals surface area contributed by atoms with Crippen LogP contribution < -0.4 is 24.3 Å². The van der Waals surface area contributed by atoms with E-state index < -0.39 is 0 Å². The first-order chi connectivity index (χ1) is 16.0. The second-order valence-electron chi connectivity index (χ2n) is 7.50. The summed E-state index contributed by atoms with van der Waals surface area (Å²) < 4.78 is 22.3. The topological polar surface area (TPSA) is 66.0 Å². The van der Waals surface area contributed by atoms with E-state index in [9.17, 15) is 4.79 Å². The second kappa shape index (κ2) is 11.8. The normalized spacial score (nSPS) is 10.4.